The third-order valence-electron chi connectivity index (χ3n) is 4.92. The second kappa shape index (κ2) is 7.03. The molecule has 8 heteroatoms. The van der Waals surface area contributed by atoms with Crippen LogP contribution in [0.2, 0.25) is 0 Å². The Kier molecular flexibility index (Phi) is 4.54. The molecule has 2 aromatic carbocycles. The van der Waals surface area contributed by atoms with Crippen LogP contribution in [0.3, 0.4) is 0 Å². The Morgan fingerprint density at radius 3 is 2.68 bits per heavy atom. The minimum Gasteiger partial charge on any atom is -0.352 e. The van der Waals surface area contributed by atoms with Crippen molar-refractivity contribution in [3.63, 3.8) is 0 Å². The number of imidazole rings is 1. The average molecular weight is 384 g/mol. The van der Waals surface area contributed by atoms with E-state index < -0.39 is 17.7 Å². The summed E-state index contributed by atoms with van der Waals surface area (Å²) >= 11 is 0. The van der Waals surface area contributed by atoms with E-state index in [-0.39, 0.29) is 23.9 Å². The van der Waals surface area contributed by atoms with Crippen LogP contribution in [0.25, 0.3) is 11.0 Å². The number of rotatable bonds is 3. The van der Waals surface area contributed by atoms with Crippen molar-refractivity contribution in [2.24, 2.45) is 0 Å². The fourth-order valence-electron chi connectivity index (χ4n) is 3.57. The molecule has 1 saturated heterocycles. The SMILES string of the molecule is Cc1nc2cc(F)c(F)cc2n1CC(=O)N1CCNC(=O)C1c1ccccc1. The summed E-state index contributed by atoms with van der Waals surface area (Å²) in [7, 11) is 0. The Hall–Kier alpha value is -3.29. The van der Waals surface area contributed by atoms with Gasteiger partial charge in [0.25, 0.3) is 0 Å². The van der Waals surface area contributed by atoms with E-state index in [1.165, 1.54) is 9.47 Å². The molecular weight excluding hydrogens is 366 g/mol. The van der Waals surface area contributed by atoms with Crippen LogP contribution in [-0.4, -0.2) is 39.4 Å². The van der Waals surface area contributed by atoms with Gasteiger partial charge in [0.1, 0.15) is 18.4 Å². The van der Waals surface area contributed by atoms with Gasteiger partial charge in [-0.05, 0) is 12.5 Å². The van der Waals surface area contributed by atoms with Crippen LogP contribution in [0.1, 0.15) is 17.4 Å². The van der Waals surface area contributed by atoms with Gasteiger partial charge in [0.2, 0.25) is 11.8 Å². The first-order valence-corrected chi connectivity index (χ1v) is 8.89. The van der Waals surface area contributed by atoms with Gasteiger partial charge in [0.15, 0.2) is 11.6 Å². The standard InChI is InChI=1S/C20H18F2N4O2/c1-12-24-16-9-14(21)15(22)10-17(16)26(12)11-18(27)25-8-7-23-20(28)19(25)13-5-3-2-4-6-13/h2-6,9-10,19H,7-8,11H2,1H3,(H,23,28). The number of carbonyl (C=O) groups is 2. The lowest BCUT2D eigenvalue weighted by Crippen LogP contribution is -2.52. The van der Waals surface area contributed by atoms with Gasteiger partial charge in [-0.2, -0.15) is 0 Å². The zero-order valence-corrected chi connectivity index (χ0v) is 15.2. The third-order valence-corrected chi connectivity index (χ3v) is 4.92. The number of carbonyl (C=O) groups excluding carboxylic acids is 2. The van der Waals surface area contributed by atoms with Crippen LogP contribution in [0, 0.1) is 18.6 Å². The van der Waals surface area contributed by atoms with Gasteiger partial charge in [-0.25, -0.2) is 13.8 Å². The number of hydrogen-bond acceptors (Lipinski definition) is 3. The van der Waals surface area contributed by atoms with E-state index in [9.17, 15) is 18.4 Å². The molecule has 0 radical (unpaired) electrons. The number of nitrogens with one attached hydrogen (secondary N) is 1. The highest BCUT2D eigenvalue weighted by atomic mass is 19.2. The lowest BCUT2D eigenvalue weighted by Gasteiger charge is -2.35. The lowest BCUT2D eigenvalue weighted by molar-refractivity contribution is -0.144. The maximum atomic E-state index is 13.7. The number of halogens is 2. The molecule has 1 atom stereocenters. The number of benzene rings is 2. The molecule has 3 aromatic rings. The summed E-state index contributed by atoms with van der Waals surface area (Å²) in [5.41, 5.74) is 1.33. The molecule has 28 heavy (non-hydrogen) atoms. The predicted molar refractivity (Wildman–Crippen MR) is 98.3 cm³/mol. The van der Waals surface area contributed by atoms with E-state index in [1.54, 1.807) is 19.1 Å². The number of piperazine rings is 1. The summed E-state index contributed by atoms with van der Waals surface area (Å²) in [6, 6.07) is 10.4. The molecule has 4 rings (SSSR count). The molecule has 1 unspecified atom stereocenters. The molecule has 1 N–H and O–H groups in total. The molecule has 2 amide bonds. The molecule has 2 heterocycles. The fourth-order valence-corrected chi connectivity index (χ4v) is 3.57. The van der Waals surface area contributed by atoms with E-state index in [1.807, 2.05) is 18.2 Å². The van der Waals surface area contributed by atoms with Crippen molar-refractivity contribution < 1.29 is 18.4 Å². The molecular formula is C20H18F2N4O2. The Balaban J connectivity index is 1.67. The number of hydrogen-bond donors (Lipinski definition) is 1. The summed E-state index contributed by atoms with van der Waals surface area (Å²) in [6.45, 7) is 2.26. The lowest BCUT2D eigenvalue weighted by atomic mass is 10.0. The number of fused-ring (bicyclic) bond motifs is 1. The predicted octanol–water partition coefficient (Wildman–Crippen LogP) is 2.32. The Bertz CT molecular complexity index is 1070. The molecule has 1 aromatic heterocycles. The van der Waals surface area contributed by atoms with Gasteiger partial charge in [0, 0.05) is 25.2 Å². The van der Waals surface area contributed by atoms with Crippen molar-refractivity contribution in [3.05, 3.63) is 65.5 Å². The van der Waals surface area contributed by atoms with Crippen molar-refractivity contribution in [1.29, 1.82) is 0 Å². The fraction of sp³-hybridized carbons (Fsp3) is 0.250. The van der Waals surface area contributed by atoms with Crippen LogP contribution < -0.4 is 5.32 Å². The summed E-state index contributed by atoms with van der Waals surface area (Å²) in [5, 5.41) is 2.79. The average Bonchev–Trinajstić information content (AvgIpc) is 2.97. The normalized spacial score (nSPS) is 17.0. The topological polar surface area (TPSA) is 67.2 Å². The molecule has 1 fully saturated rings. The number of amides is 2. The highest BCUT2D eigenvalue weighted by Gasteiger charge is 2.34. The van der Waals surface area contributed by atoms with E-state index in [2.05, 4.69) is 10.3 Å². The van der Waals surface area contributed by atoms with Crippen LogP contribution in [0.4, 0.5) is 8.78 Å². The minimum absolute atomic E-state index is 0.121. The van der Waals surface area contributed by atoms with E-state index in [4.69, 9.17) is 0 Å². The van der Waals surface area contributed by atoms with Crippen molar-refractivity contribution in [2.75, 3.05) is 13.1 Å². The molecule has 0 bridgehead atoms. The smallest absolute Gasteiger partial charge is 0.247 e. The zero-order valence-electron chi connectivity index (χ0n) is 15.2. The number of nitrogens with zero attached hydrogens (tertiary/aromatic N) is 3. The van der Waals surface area contributed by atoms with Gasteiger partial charge in [-0.1, -0.05) is 30.3 Å². The van der Waals surface area contributed by atoms with E-state index >= 15 is 0 Å². The Morgan fingerprint density at radius 2 is 1.93 bits per heavy atom. The van der Waals surface area contributed by atoms with Crippen LogP contribution in [0.5, 0.6) is 0 Å². The first kappa shape index (κ1) is 18.1. The van der Waals surface area contributed by atoms with Gasteiger partial charge < -0.3 is 14.8 Å². The molecule has 0 aliphatic carbocycles. The van der Waals surface area contributed by atoms with Gasteiger partial charge in [-0.15, -0.1) is 0 Å². The molecule has 0 spiro atoms. The summed E-state index contributed by atoms with van der Waals surface area (Å²) in [4.78, 5) is 31.3. The van der Waals surface area contributed by atoms with Gasteiger partial charge in [0.05, 0.1) is 11.0 Å². The largest absolute Gasteiger partial charge is 0.352 e. The van der Waals surface area contributed by atoms with Crippen LogP contribution in [0.15, 0.2) is 42.5 Å². The Morgan fingerprint density at radius 1 is 1.21 bits per heavy atom. The molecule has 0 saturated carbocycles. The first-order valence-electron chi connectivity index (χ1n) is 8.89. The Labute approximate surface area is 159 Å². The molecule has 1 aliphatic rings. The van der Waals surface area contributed by atoms with E-state index in [0.717, 1.165) is 12.1 Å². The van der Waals surface area contributed by atoms with Crippen molar-refractivity contribution in [2.45, 2.75) is 19.5 Å². The van der Waals surface area contributed by atoms with Crippen molar-refractivity contribution in [3.8, 4) is 0 Å². The highest BCUT2D eigenvalue weighted by molar-refractivity contribution is 5.90. The second-order valence-electron chi connectivity index (χ2n) is 6.69. The van der Waals surface area contributed by atoms with Crippen LogP contribution >= 0.6 is 0 Å². The monoisotopic (exact) mass is 384 g/mol. The highest BCUT2D eigenvalue weighted by Crippen LogP contribution is 2.25. The summed E-state index contributed by atoms with van der Waals surface area (Å²) in [5.74, 6) is -2.06. The van der Waals surface area contributed by atoms with Crippen molar-refractivity contribution in [1.82, 2.24) is 19.8 Å². The van der Waals surface area contributed by atoms with Gasteiger partial charge in [-0.3, -0.25) is 9.59 Å². The van der Waals surface area contributed by atoms with Crippen molar-refractivity contribution >= 4 is 22.8 Å². The number of aromatic nitrogens is 2. The third kappa shape index (κ3) is 3.11. The molecule has 6 nitrogen and oxygen atoms in total. The minimum atomic E-state index is -0.999. The van der Waals surface area contributed by atoms with E-state index in [0.29, 0.717) is 30.0 Å². The summed E-state index contributed by atoms with van der Waals surface area (Å²) in [6.07, 6.45) is 0. The maximum absolute atomic E-state index is 13.7. The molecule has 144 valence electrons. The van der Waals surface area contributed by atoms with Gasteiger partial charge >= 0.3 is 0 Å². The summed E-state index contributed by atoms with van der Waals surface area (Å²) < 4.78 is 28.7. The van der Waals surface area contributed by atoms with Crippen LogP contribution in [-0.2, 0) is 16.1 Å². The quantitative estimate of drug-likeness (QED) is 0.754. The zero-order chi connectivity index (χ0) is 19.8. The number of aryl methyl sites for hydroxylation is 1. The second-order valence-corrected chi connectivity index (χ2v) is 6.69. The maximum Gasteiger partial charge on any atom is 0.247 e. The molecule has 1 aliphatic heterocycles. The first-order chi connectivity index (χ1) is 13.5.